The van der Waals surface area contributed by atoms with Crippen LogP contribution in [0.2, 0.25) is 0 Å². The fourth-order valence-electron chi connectivity index (χ4n) is 2.95. The summed E-state index contributed by atoms with van der Waals surface area (Å²) in [5, 5.41) is 0. The molecule has 1 atom stereocenters. The molecule has 3 rings (SSSR count). The van der Waals surface area contributed by atoms with Crippen molar-refractivity contribution in [3.63, 3.8) is 0 Å². The Balaban J connectivity index is 1.47. The lowest BCUT2D eigenvalue weighted by atomic mass is 10.00. The van der Waals surface area contributed by atoms with Crippen molar-refractivity contribution in [2.24, 2.45) is 0 Å². The SMILES string of the molecule is CC(CCN1CCc2ccccc2C1)Oc1ccc(N)cc1. The smallest absolute Gasteiger partial charge is 0.119 e. The van der Waals surface area contributed by atoms with Gasteiger partial charge >= 0.3 is 0 Å². The number of nitrogens with zero attached hydrogens (tertiary/aromatic N) is 1. The molecule has 0 aromatic heterocycles. The predicted molar refractivity (Wildman–Crippen MR) is 91.0 cm³/mol. The number of hydrogen-bond acceptors (Lipinski definition) is 3. The monoisotopic (exact) mass is 296 g/mol. The Morgan fingerprint density at radius 3 is 2.59 bits per heavy atom. The van der Waals surface area contributed by atoms with E-state index in [1.165, 1.54) is 11.1 Å². The van der Waals surface area contributed by atoms with E-state index in [1.807, 2.05) is 24.3 Å². The maximum absolute atomic E-state index is 5.95. The van der Waals surface area contributed by atoms with Gasteiger partial charge in [0, 0.05) is 25.3 Å². The van der Waals surface area contributed by atoms with Gasteiger partial charge in [-0.05, 0) is 55.2 Å². The van der Waals surface area contributed by atoms with Gasteiger partial charge in [0.1, 0.15) is 5.75 Å². The number of fused-ring (bicyclic) bond motifs is 1. The van der Waals surface area contributed by atoms with Crippen LogP contribution in [0.3, 0.4) is 0 Å². The second kappa shape index (κ2) is 6.84. The molecule has 0 spiro atoms. The van der Waals surface area contributed by atoms with E-state index in [0.29, 0.717) is 0 Å². The van der Waals surface area contributed by atoms with Gasteiger partial charge in [0.05, 0.1) is 6.10 Å². The molecule has 0 bridgehead atoms. The van der Waals surface area contributed by atoms with E-state index in [2.05, 4.69) is 36.1 Å². The molecule has 116 valence electrons. The number of nitrogens with two attached hydrogens (primary N) is 1. The van der Waals surface area contributed by atoms with Crippen LogP contribution in [0, 0.1) is 0 Å². The standard InChI is InChI=1S/C19H24N2O/c1-15(22-19-8-6-18(20)7-9-19)10-12-21-13-11-16-4-2-3-5-17(16)14-21/h2-9,15H,10-14,20H2,1H3. The lowest BCUT2D eigenvalue weighted by Gasteiger charge is -2.29. The van der Waals surface area contributed by atoms with Crippen LogP contribution < -0.4 is 10.5 Å². The number of nitrogen functional groups attached to an aromatic ring is 1. The Hall–Kier alpha value is -2.00. The van der Waals surface area contributed by atoms with Gasteiger partial charge in [-0.1, -0.05) is 24.3 Å². The second-order valence-corrected chi connectivity index (χ2v) is 6.08. The Morgan fingerprint density at radius 2 is 1.82 bits per heavy atom. The molecule has 1 heterocycles. The number of benzene rings is 2. The third-order valence-electron chi connectivity index (χ3n) is 4.28. The lowest BCUT2D eigenvalue weighted by molar-refractivity contribution is 0.169. The van der Waals surface area contributed by atoms with Crippen molar-refractivity contribution in [1.29, 1.82) is 0 Å². The molecule has 0 saturated heterocycles. The van der Waals surface area contributed by atoms with Gasteiger partial charge in [-0.25, -0.2) is 0 Å². The van der Waals surface area contributed by atoms with Gasteiger partial charge in [0.15, 0.2) is 0 Å². The van der Waals surface area contributed by atoms with E-state index in [-0.39, 0.29) is 6.10 Å². The van der Waals surface area contributed by atoms with E-state index in [4.69, 9.17) is 10.5 Å². The van der Waals surface area contributed by atoms with Crippen molar-refractivity contribution < 1.29 is 4.74 Å². The number of anilines is 1. The molecule has 2 N–H and O–H groups in total. The van der Waals surface area contributed by atoms with Crippen LogP contribution in [0.15, 0.2) is 48.5 Å². The number of ether oxygens (including phenoxy) is 1. The van der Waals surface area contributed by atoms with Gasteiger partial charge in [-0.2, -0.15) is 0 Å². The van der Waals surface area contributed by atoms with Crippen LogP contribution in [0.1, 0.15) is 24.5 Å². The van der Waals surface area contributed by atoms with Gasteiger partial charge in [-0.15, -0.1) is 0 Å². The van der Waals surface area contributed by atoms with Crippen LogP contribution in [0.25, 0.3) is 0 Å². The van der Waals surface area contributed by atoms with E-state index in [1.54, 1.807) is 0 Å². The van der Waals surface area contributed by atoms with Crippen LogP contribution >= 0.6 is 0 Å². The van der Waals surface area contributed by atoms with Crippen molar-refractivity contribution >= 4 is 5.69 Å². The van der Waals surface area contributed by atoms with E-state index in [9.17, 15) is 0 Å². The summed E-state index contributed by atoms with van der Waals surface area (Å²) >= 11 is 0. The molecule has 1 unspecified atom stereocenters. The molecule has 2 aromatic rings. The second-order valence-electron chi connectivity index (χ2n) is 6.08. The molecule has 3 nitrogen and oxygen atoms in total. The highest BCUT2D eigenvalue weighted by Crippen LogP contribution is 2.20. The van der Waals surface area contributed by atoms with Crippen LogP contribution in [0.5, 0.6) is 5.75 Å². The van der Waals surface area contributed by atoms with Gasteiger partial charge < -0.3 is 10.5 Å². The minimum Gasteiger partial charge on any atom is -0.491 e. The molecule has 22 heavy (non-hydrogen) atoms. The molecule has 0 amide bonds. The maximum atomic E-state index is 5.95. The molecule has 1 aliphatic rings. The summed E-state index contributed by atoms with van der Waals surface area (Å²) in [6.45, 7) is 5.41. The van der Waals surface area contributed by atoms with Gasteiger partial charge in [0.2, 0.25) is 0 Å². The van der Waals surface area contributed by atoms with Crippen LogP contribution in [-0.2, 0) is 13.0 Å². The summed E-state index contributed by atoms with van der Waals surface area (Å²) in [4.78, 5) is 2.52. The third-order valence-corrected chi connectivity index (χ3v) is 4.28. The average molecular weight is 296 g/mol. The fraction of sp³-hybridized carbons (Fsp3) is 0.368. The minimum atomic E-state index is 0.209. The summed E-state index contributed by atoms with van der Waals surface area (Å²) in [5.74, 6) is 0.894. The normalized spacial score (nSPS) is 16.0. The molecule has 1 aliphatic heterocycles. The Kier molecular flexibility index (Phi) is 4.64. The summed E-state index contributed by atoms with van der Waals surface area (Å²) in [6.07, 6.45) is 2.40. The van der Waals surface area contributed by atoms with Gasteiger partial charge in [0.25, 0.3) is 0 Å². The van der Waals surface area contributed by atoms with Crippen molar-refractivity contribution in [2.45, 2.75) is 32.4 Å². The van der Waals surface area contributed by atoms with Crippen molar-refractivity contribution in [3.8, 4) is 5.75 Å². The molecule has 0 aliphatic carbocycles. The Bertz CT molecular complexity index is 609. The van der Waals surface area contributed by atoms with E-state index < -0.39 is 0 Å². The number of rotatable bonds is 5. The van der Waals surface area contributed by atoms with Gasteiger partial charge in [-0.3, -0.25) is 4.90 Å². The zero-order chi connectivity index (χ0) is 15.4. The molecular weight excluding hydrogens is 272 g/mol. The quantitative estimate of drug-likeness (QED) is 0.858. The first-order valence-corrected chi connectivity index (χ1v) is 8.02. The largest absolute Gasteiger partial charge is 0.491 e. The number of hydrogen-bond donors (Lipinski definition) is 1. The zero-order valence-corrected chi connectivity index (χ0v) is 13.2. The fourth-order valence-corrected chi connectivity index (χ4v) is 2.95. The lowest BCUT2D eigenvalue weighted by Crippen LogP contribution is -2.33. The summed E-state index contributed by atoms with van der Waals surface area (Å²) in [5.41, 5.74) is 9.44. The molecule has 0 saturated carbocycles. The Labute approximate surface area is 132 Å². The van der Waals surface area contributed by atoms with Crippen molar-refractivity contribution in [2.75, 3.05) is 18.8 Å². The zero-order valence-electron chi connectivity index (χ0n) is 13.2. The van der Waals surface area contributed by atoms with Crippen LogP contribution in [0.4, 0.5) is 5.69 Å². The topological polar surface area (TPSA) is 38.5 Å². The average Bonchev–Trinajstić information content (AvgIpc) is 2.55. The third kappa shape index (κ3) is 3.80. The summed E-state index contributed by atoms with van der Waals surface area (Å²) in [7, 11) is 0. The summed E-state index contributed by atoms with van der Waals surface area (Å²) in [6, 6.07) is 16.4. The molecule has 3 heteroatoms. The molecule has 0 radical (unpaired) electrons. The van der Waals surface area contributed by atoms with Crippen molar-refractivity contribution in [1.82, 2.24) is 4.90 Å². The summed E-state index contributed by atoms with van der Waals surface area (Å²) < 4.78 is 5.95. The van der Waals surface area contributed by atoms with Crippen LogP contribution in [-0.4, -0.2) is 24.1 Å². The Morgan fingerprint density at radius 1 is 1.09 bits per heavy atom. The minimum absolute atomic E-state index is 0.209. The van der Waals surface area contributed by atoms with Crippen molar-refractivity contribution in [3.05, 3.63) is 59.7 Å². The highest BCUT2D eigenvalue weighted by Gasteiger charge is 2.16. The van der Waals surface area contributed by atoms with E-state index in [0.717, 1.165) is 43.9 Å². The maximum Gasteiger partial charge on any atom is 0.119 e. The first kappa shape index (κ1) is 14.9. The molecule has 2 aromatic carbocycles. The predicted octanol–water partition coefficient (Wildman–Crippen LogP) is 3.48. The first-order valence-electron chi connectivity index (χ1n) is 8.02. The molecule has 0 fully saturated rings. The highest BCUT2D eigenvalue weighted by atomic mass is 16.5. The first-order chi connectivity index (χ1) is 10.7. The molecular formula is C19H24N2O. The highest BCUT2D eigenvalue weighted by molar-refractivity contribution is 5.41. The van der Waals surface area contributed by atoms with E-state index >= 15 is 0 Å².